The molecule has 1 aromatic carbocycles. The second-order valence-electron chi connectivity index (χ2n) is 6.70. The van der Waals surface area contributed by atoms with Gasteiger partial charge in [-0.05, 0) is 39.0 Å². The van der Waals surface area contributed by atoms with E-state index in [1.807, 2.05) is 0 Å². The van der Waals surface area contributed by atoms with E-state index < -0.39 is 23.4 Å². The zero-order chi connectivity index (χ0) is 18.1. The van der Waals surface area contributed by atoms with E-state index in [1.54, 1.807) is 20.8 Å². The molecule has 1 aromatic rings. The molecule has 1 saturated heterocycles. The topological polar surface area (TPSA) is 64.8 Å². The number of nitrogens with zero attached hydrogens (tertiary/aromatic N) is 1. The highest BCUT2D eigenvalue weighted by Crippen LogP contribution is 2.36. The van der Waals surface area contributed by atoms with Crippen LogP contribution >= 0.6 is 0 Å². The van der Waals surface area contributed by atoms with Gasteiger partial charge in [-0.2, -0.15) is 13.2 Å². The molecule has 134 valence electrons. The maximum atomic E-state index is 12.9. The summed E-state index contributed by atoms with van der Waals surface area (Å²) in [4.78, 5) is 13.5. The van der Waals surface area contributed by atoms with Crippen molar-refractivity contribution in [3.8, 4) is 5.75 Å². The standard InChI is InChI=1S/C16H21F3N2O3/c1-15(2,3)24-14(22)21-7-6-11(9-21)23-10-4-5-13(20)12(8-10)16(17,18)19/h4-5,8,11H,6-7,9,20H2,1-3H3. The molecule has 0 aliphatic carbocycles. The van der Waals surface area contributed by atoms with Crippen LogP contribution in [0.25, 0.3) is 0 Å². The third-order valence-corrected chi connectivity index (χ3v) is 3.43. The summed E-state index contributed by atoms with van der Waals surface area (Å²) in [5, 5.41) is 0. The zero-order valence-corrected chi connectivity index (χ0v) is 13.8. The maximum absolute atomic E-state index is 12.9. The number of likely N-dealkylation sites (tertiary alicyclic amines) is 1. The normalized spacial score (nSPS) is 18.6. The number of alkyl halides is 3. The van der Waals surface area contributed by atoms with Gasteiger partial charge in [0.2, 0.25) is 0 Å². The number of hydrogen-bond donors (Lipinski definition) is 1. The Kier molecular flexibility index (Phi) is 4.87. The molecule has 8 heteroatoms. The second kappa shape index (κ2) is 6.41. The Hall–Kier alpha value is -2.12. The van der Waals surface area contributed by atoms with Gasteiger partial charge in [0.25, 0.3) is 0 Å². The van der Waals surface area contributed by atoms with Gasteiger partial charge in [0.05, 0.1) is 12.1 Å². The molecule has 0 bridgehead atoms. The first-order chi connectivity index (χ1) is 11.0. The molecule has 1 fully saturated rings. The summed E-state index contributed by atoms with van der Waals surface area (Å²) in [5.41, 5.74) is 3.48. The molecule has 0 saturated carbocycles. The molecule has 24 heavy (non-hydrogen) atoms. The van der Waals surface area contributed by atoms with E-state index in [4.69, 9.17) is 15.2 Å². The monoisotopic (exact) mass is 346 g/mol. The van der Waals surface area contributed by atoms with Crippen molar-refractivity contribution < 1.29 is 27.4 Å². The molecule has 1 aliphatic heterocycles. The Morgan fingerprint density at radius 2 is 1.96 bits per heavy atom. The second-order valence-corrected chi connectivity index (χ2v) is 6.70. The van der Waals surface area contributed by atoms with Crippen molar-refractivity contribution in [2.45, 2.75) is 45.1 Å². The Morgan fingerprint density at radius 1 is 1.29 bits per heavy atom. The first-order valence-electron chi connectivity index (χ1n) is 7.57. The molecular weight excluding hydrogens is 325 g/mol. The van der Waals surface area contributed by atoms with Crippen molar-refractivity contribution in [2.75, 3.05) is 18.8 Å². The van der Waals surface area contributed by atoms with E-state index >= 15 is 0 Å². The van der Waals surface area contributed by atoms with Crippen LogP contribution in [-0.2, 0) is 10.9 Å². The number of benzene rings is 1. The number of nitrogen functional groups attached to an aromatic ring is 1. The number of carbonyl (C=O) groups is 1. The van der Waals surface area contributed by atoms with Crippen molar-refractivity contribution >= 4 is 11.8 Å². The predicted molar refractivity (Wildman–Crippen MR) is 82.7 cm³/mol. The number of ether oxygens (including phenoxy) is 2. The molecule has 5 nitrogen and oxygen atoms in total. The fourth-order valence-corrected chi connectivity index (χ4v) is 2.36. The number of carbonyl (C=O) groups excluding carboxylic acids is 1. The van der Waals surface area contributed by atoms with E-state index in [0.29, 0.717) is 13.0 Å². The van der Waals surface area contributed by atoms with Crippen molar-refractivity contribution in [3.05, 3.63) is 23.8 Å². The number of nitrogens with two attached hydrogens (primary N) is 1. The van der Waals surface area contributed by atoms with Crippen LogP contribution < -0.4 is 10.5 Å². The quantitative estimate of drug-likeness (QED) is 0.830. The van der Waals surface area contributed by atoms with Gasteiger partial charge >= 0.3 is 12.3 Å². The zero-order valence-electron chi connectivity index (χ0n) is 13.8. The van der Waals surface area contributed by atoms with Crippen LogP contribution in [0.15, 0.2) is 18.2 Å². The van der Waals surface area contributed by atoms with E-state index in [2.05, 4.69) is 0 Å². The van der Waals surface area contributed by atoms with Crippen molar-refractivity contribution in [1.82, 2.24) is 4.90 Å². The van der Waals surface area contributed by atoms with Crippen LogP contribution in [-0.4, -0.2) is 35.8 Å². The maximum Gasteiger partial charge on any atom is 0.418 e. The largest absolute Gasteiger partial charge is 0.488 e. The molecule has 2 rings (SSSR count). The van der Waals surface area contributed by atoms with Crippen LogP contribution in [0, 0.1) is 0 Å². The van der Waals surface area contributed by atoms with Crippen LogP contribution in [0.1, 0.15) is 32.8 Å². The summed E-state index contributed by atoms with van der Waals surface area (Å²) in [7, 11) is 0. The van der Waals surface area contributed by atoms with Gasteiger partial charge in [-0.25, -0.2) is 4.79 Å². The Bertz CT molecular complexity index is 612. The third-order valence-electron chi connectivity index (χ3n) is 3.43. The SMILES string of the molecule is CC(C)(C)OC(=O)N1CCC(Oc2ccc(N)c(C(F)(F)F)c2)C1. The molecule has 1 amide bonds. The lowest BCUT2D eigenvalue weighted by Crippen LogP contribution is -2.36. The molecule has 1 heterocycles. The average Bonchev–Trinajstić information content (AvgIpc) is 2.86. The lowest BCUT2D eigenvalue weighted by molar-refractivity contribution is -0.137. The van der Waals surface area contributed by atoms with Crippen molar-refractivity contribution in [3.63, 3.8) is 0 Å². The summed E-state index contributed by atoms with van der Waals surface area (Å²) in [6, 6.07) is 3.44. The Labute approximate surface area is 138 Å². The summed E-state index contributed by atoms with van der Waals surface area (Å²) < 4.78 is 49.4. The summed E-state index contributed by atoms with van der Waals surface area (Å²) in [6.45, 7) is 5.99. The van der Waals surface area contributed by atoms with E-state index in [9.17, 15) is 18.0 Å². The van der Waals surface area contributed by atoms with Gasteiger partial charge in [0, 0.05) is 18.7 Å². The number of hydrogen-bond acceptors (Lipinski definition) is 4. The predicted octanol–water partition coefficient (Wildman–Crippen LogP) is 3.68. The number of amides is 1. The first-order valence-corrected chi connectivity index (χ1v) is 7.57. The number of rotatable bonds is 2. The van der Waals surface area contributed by atoms with Crippen molar-refractivity contribution in [1.29, 1.82) is 0 Å². The summed E-state index contributed by atoms with van der Waals surface area (Å²) >= 11 is 0. The molecule has 0 spiro atoms. The molecule has 0 radical (unpaired) electrons. The minimum Gasteiger partial charge on any atom is -0.488 e. The highest BCUT2D eigenvalue weighted by atomic mass is 19.4. The number of anilines is 1. The van der Waals surface area contributed by atoms with Gasteiger partial charge in [0.1, 0.15) is 17.5 Å². The fraction of sp³-hybridized carbons (Fsp3) is 0.562. The number of halogens is 3. The van der Waals surface area contributed by atoms with Gasteiger partial charge in [-0.15, -0.1) is 0 Å². The van der Waals surface area contributed by atoms with Gasteiger partial charge in [-0.3, -0.25) is 0 Å². The molecule has 1 unspecified atom stereocenters. The van der Waals surface area contributed by atoms with Gasteiger partial charge < -0.3 is 20.1 Å². The molecule has 1 atom stereocenters. The van der Waals surface area contributed by atoms with E-state index in [-0.39, 0.29) is 24.1 Å². The minimum atomic E-state index is -4.54. The Morgan fingerprint density at radius 3 is 2.54 bits per heavy atom. The van der Waals surface area contributed by atoms with Crippen molar-refractivity contribution in [2.24, 2.45) is 0 Å². The Balaban J connectivity index is 2.00. The highest BCUT2D eigenvalue weighted by molar-refractivity contribution is 5.68. The highest BCUT2D eigenvalue weighted by Gasteiger charge is 2.34. The molecule has 0 aromatic heterocycles. The van der Waals surface area contributed by atoms with Crippen LogP contribution in [0.2, 0.25) is 0 Å². The molecular formula is C16H21F3N2O3. The third kappa shape index (κ3) is 4.69. The summed E-state index contributed by atoms with van der Waals surface area (Å²) in [6.07, 6.45) is -4.86. The van der Waals surface area contributed by atoms with Crippen LogP contribution in [0.4, 0.5) is 23.7 Å². The minimum absolute atomic E-state index is 0.0764. The van der Waals surface area contributed by atoms with E-state index in [1.165, 1.54) is 17.0 Å². The molecule has 2 N–H and O–H groups in total. The summed E-state index contributed by atoms with van der Waals surface area (Å²) in [5.74, 6) is 0.0764. The molecule has 1 aliphatic rings. The fourth-order valence-electron chi connectivity index (χ4n) is 2.36. The van der Waals surface area contributed by atoms with Crippen LogP contribution in [0.5, 0.6) is 5.75 Å². The van der Waals surface area contributed by atoms with Gasteiger partial charge in [0.15, 0.2) is 0 Å². The smallest absolute Gasteiger partial charge is 0.418 e. The first kappa shape index (κ1) is 18.2. The lowest BCUT2D eigenvalue weighted by atomic mass is 10.1. The van der Waals surface area contributed by atoms with Crippen LogP contribution in [0.3, 0.4) is 0 Å². The van der Waals surface area contributed by atoms with Gasteiger partial charge in [-0.1, -0.05) is 0 Å². The lowest BCUT2D eigenvalue weighted by Gasteiger charge is -2.24. The van der Waals surface area contributed by atoms with E-state index in [0.717, 1.165) is 6.07 Å². The average molecular weight is 346 g/mol.